The topological polar surface area (TPSA) is 117 Å². The molecule has 0 fully saturated rings. The lowest BCUT2D eigenvalue weighted by atomic mass is 9.95. The van der Waals surface area contributed by atoms with Crippen molar-refractivity contribution in [3.05, 3.63) is 39.4 Å². The van der Waals surface area contributed by atoms with Crippen LogP contribution in [-0.2, 0) is 9.53 Å². The van der Waals surface area contributed by atoms with Crippen molar-refractivity contribution >= 4 is 11.7 Å². The first-order valence-electron chi connectivity index (χ1n) is 5.29. The second-order valence-electron chi connectivity index (χ2n) is 3.45. The number of ether oxygens (including phenoxy) is 1. The van der Waals surface area contributed by atoms with Crippen molar-refractivity contribution in [2.75, 3.05) is 6.61 Å². The molecular weight excluding hydrogens is 250 g/mol. The lowest BCUT2D eigenvalue weighted by Gasteiger charge is -2.09. The minimum Gasteiger partial charge on any atom is -0.465 e. The molecular formula is C12H9N3O4. The fourth-order valence-electron chi connectivity index (χ4n) is 1.48. The van der Waals surface area contributed by atoms with Gasteiger partial charge in [0.05, 0.1) is 29.2 Å². The largest absolute Gasteiger partial charge is 0.465 e. The third-order valence-corrected chi connectivity index (χ3v) is 2.33. The number of rotatable bonds is 4. The molecule has 19 heavy (non-hydrogen) atoms. The number of non-ortho nitro benzene ring substituents is 1. The fraction of sp³-hybridized carbons (Fsp3) is 0.250. The Morgan fingerprint density at radius 1 is 1.53 bits per heavy atom. The summed E-state index contributed by atoms with van der Waals surface area (Å²) < 4.78 is 4.72. The molecule has 7 nitrogen and oxygen atoms in total. The molecule has 0 N–H and O–H groups in total. The number of carbonyl (C=O) groups excluding carboxylic acids is 1. The van der Waals surface area contributed by atoms with Gasteiger partial charge in [0.1, 0.15) is 0 Å². The van der Waals surface area contributed by atoms with E-state index in [1.165, 1.54) is 6.07 Å². The van der Waals surface area contributed by atoms with Crippen molar-refractivity contribution in [2.24, 2.45) is 0 Å². The lowest BCUT2D eigenvalue weighted by molar-refractivity contribution is -0.384. The molecule has 0 aliphatic heterocycles. The summed E-state index contributed by atoms with van der Waals surface area (Å²) >= 11 is 0. The molecule has 1 atom stereocenters. The molecule has 0 heterocycles. The lowest BCUT2D eigenvalue weighted by Crippen LogP contribution is -2.15. The van der Waals surface area contributed by atoms with Gasteiger partial charge in [0.25, 0.3) is 5.69 Å². The highest BCUT2D eigenvalue weighted by Crippen LogP contribution is 2.24. The zero-order valence-corrected chi connectivity index (χ0v) is 9.99. The Bertz CT molecular complexity index is 598. The van der Waals surface area contributed by atoms with Crippen LogP contribution in [0.25, 0.3) is 0 Å². The van der Waals surface area contributed by atoms with Gasteiger partial charge >= 0.3 is 5.97 Å². The van der Waals surface area contributed by atoms with Crippen LogP contribution in [-0.4, -0.2) is 17.5 Å². The maximum absolute atomic E-state index is 11.6. The van der Waals surface area contributed by atoms with E-state index in [-0.39, 0.29) is 23.4 Å². The summed E-state index contributed by atoms with van der Waals surface area (Å²) in [6.07, 6.45) is 0. The predicted molar refractivity (Wildman–Crippen MR) is 62.8 cm³/mol. The summed E-state index contributed by atoms with van der Waals surface area (Å²) in [5.74, 6) is -2.05. The van der Waals surface area contributed by atoms with Crippen LogP contribution >= 0.6 is 0 Å². The molecule has 0 aliphatic rings. The first-order chi connectivity index (χ1) is 9.04. The van der Waals surface area contributed by atoms with Gasteiger partial charge in [-0.15, -0.1) is 0 Å². The van der Waals surface area contributed by atoms with E-state index in [1.54, 1.807) is 19.1 Å². The number of nitriles is 2. The van der Waals surface area contributed by atoms with E-state index in [0.29, 0.717) is 0 Å². The van der Waals surface area contributed by atoms with Crippen LogP contribution < -0.4 is 0 Å². The molecule has 0 radical (unpaired) electrons. The highest BCUT2D eigenvalue weighted by Gasteiger charge is 2.25. The zero-order chi connectivity index (χ0) is 14.4. The molecule has 1 rings (SSSR count). The van der Waals surface area contributed by atoms with Gasteiger partial charge in [-0.1, -0.05) is 0 Å². The summed E-state index contributed by atoms with van der Waals surface area (Å²) in [7, 11) is 0. The summed E-state index contributed by atoms with van der Waals surface area (Å²) in [5.41, 5.74) is -0.260. The number of hydrogen-bond donors (Lipinski definition) is 0. The molecule has 0 amide bonds. The van der Waals surface area contributed by atoms with E-state index < -0.39 is 16.8 Å². The third kappa shape index (κ3) is 3.05. The molecule has 0 aliphatic carbocycles. The first kappa shape index (κ1) is 14.1. The van der Waals surface area contributed by atoms with Crippen LogP contribution in [0.3, 0.4) is 0 Å². The Morgan fingerprint density at radius 2 is 2.21 bits per heavy atom. The van der Waals surface area contributed by atoms with Gasteiger partial charge in [0.2, 0.25) is 0 Å². The van der Waals surface area contributed by atoms with E-state index in [0.717, 1.165) is 12.1 Å². The van der Waals surface area contributed by atoms with Gasteiger partial charge in [-0.2, -0.15) is 10.5 Å². The molecule has 0 spiro atoms. The Morgan fingerprint density at radius 3 is 2.68 bits per heavy atom. The van der Waals surface area contributed by atoms with E-state index in [1.807, 2.05) is 0 Å². The number of esters is 1. The number of nitro groups is 1. The Balaban J connectivity index is 3.27. The van der Waals surface area contributed by atoms with Crippen LogP contribution in [0.15, 0.2) is 18.2 Å². The zero-order valence-electron chi connectivity index (χ0n) is 9.99. The summed E-state index contributed by atoms with van der Waals surface area (Å²) in [5, 5.41) is 28.5. The molecule has 96 valence electrons. The SMILES string of the molecule is CCOC(=O)C(C#N)c1ccc([N+](=O)[O-])cc1C#N. The molecule has 1 aromatic rings. The van der Waals surface area contributed by atoms with Gasteiger partial charge < -0.3 is 4.74 Å². The quantitative estimate of drug-likeness (QED) is 0.460. The molecule has 0 saturated heterocycles. The molecule has 7 heteroatoms. The molecule has 0 aromatic heterocycles. The van der Waals surface area contributed by atoms with Crippen LogP contribution in [0.5, 0.6) is 0 Å². The summed E-state index contributed by atoms with van der Waals surface area (Å²) in [4.78, 5) is 21.5. The van der Waals surface area contributed by atoms with E-state index in [2.05, 4.69) is 0 Å². The number of carbonyl (C=O) groups is 1. The molecule has 0 saturated carbocycles. The second-order valence-corrected chi connectivity index (χ2v) is 3.45. The maximum Gasteiger partial charge on any atom is 0.327 e. The standard InChI is InChI=1S/C12H9N3O4/c1-2-19-12(16)11(7-14)10-4-3-9(15(17)18)5-8(10)6-13/h3-5,11H,2H2,1H3. The van der Waals surface area contributed by atoms with Crippen molar-refractivity contribution in [1.82, 2.24) is 0 Å². The summed E-state index contributed by atoms with van der Waals surface area (Å²) in [6, 6.07) is 6.86. The van der Waals surface area contributed by atoms with Crippen LogP contribution in [0.1, 0.15) is 24.0 Å². The third-order valence-electron chi connectivity index (χ3n) is 2.33. The smallest absolute Gasteiger partial charge is 0.327 e. The maximum atomic E-state index is 11.6. The highest BCUT2D eigenvalue weighted by molar-refractivity contribution is 5.82. The van der Waals surface area contributed by atoms with Crippen molar-refractivity contribution < 1.29 is 14.5 Å². The monoisotopic (exact) mass is 259 g/mol. The van der Waals surface area contributed by atoms with Gasteiger partial charge in [-0.3, -0.25) is 14.9 Å². The predicted octanol–water partition coefficient (Wildman–Crippen LogP) is 1.64. The Hall–Kier alpha value is -2.93. The van der Waals surface area contributed by atoms with Crippen molar-refractivity contribution in [1.29, 1.82) is 10.5 Å². The van der Waals surface area contributed by atoms with Crippen molar-refractivity contribution in [3.8, 4) is 12.1 Å². The molecule has 0 bridgehead atoms. The molecule has 1 unspecified atom stereocenters. The van der Waals surface area contributed by atoms with Gasteiger partial charge in [-0.05, 0) is 18.6 Å². The van der Waals surface area contributed by atoms with E-state index in [9.17, 15) is 14.9 Å². The van der Waals surface area contributed by atoms with Crippen molar-refractivity contribution in [3.63, 3.8) is 0 Å². The van der Waals surface area contributed by atoms with Gasteiger partial charge in [0.15, 0.2) is 5.92 Å². The van der Waals surface area contributed by atoms with Crippen LogP contribution in [0.2, 0.25) is 0 Å². The highest BCUT2D eigenvalue weighted by atomic mass is 16.6. The van der Waals surface area contributed by atoms with Crippen molar-refractivity contribution in [2.45, 2.75) is 12.8 Å². The number of nitro benzene ring substituents is 1. The van der Waals surface area contributed by atoms with Crippen LogP contribution in [0, 0.1) is 32.8 Å². The average molecular weight is 259 g/mol. The minimum atomic E-state index is -1.27. The Kier molecular flexibility index (Phi) is 4.56. The first-order valence-corrected chi connectivity index (χ1v) is 5.29. The van der Waals surface area contributed by atoms with Crippen LogP contribution in [0.4, 0.5) is 5.69 Å². The van der Waals surface area contributed by atoms with E-state index >= 15 is 0 Å². The number of benzene rings is 1. The van der Waals surface area contributed by atoms with Gasteiger partial charge in [-0.25, -0.2) is 0 Å². The Labute approximate surface area is 108 Å². The second kappa shape index (κ2) is 6.12. The molecule has 1 aromatic carbocycles. The normalized spacial score (nSPS) is 10.9. The number of nitrogens with zero attached hydrogens (tertiary/aromatic N) is 3. The summed E-state index contributed by atoms with van der Waals surface area (Å²) in [6.45, 7) is 1.69. The average Bonchev–Trinajstić information content (AvgIpc) is 2.40. The fourth-order valence-corrected chi connectivity index (χ4v) is 1.48. The minimum absolute atomic E-state index is 0.0891. The van der Waals surface area contributed by atoms with E-state index in [4.69, 9.17) is 15.3 Å². The van der Waals surface area contributed by atoms with Gasteiger partial charge in [0, 0.05) is 12.1 Å². The number of hydrogen-bond acceptors (Lipinski definition) is 6.